The molecule has 2 saturated heterocycles. The number of rotatable bonds is 7. The molecule has 4 rings (SSSR count). The predicted molar refractivity (Wildman–Crippen MR) is 106 cm³/mol. The highest BCUT2D eigenvalue weighted by Gasteiger charge is 2.31. The van der Waals surface area contributed by atoms with Crippen LogP contribution in [0.5, 0.6) is 5.75 Å². The van der Waals surface area contributed by atoms with E-state index in [0.717, 1.165) is 31.7 Å². The van der Waals surface area contributed by atoms with Crippen molar-refractivity contribution >= 4 is 11.8 Å². The van der Waals surface area contributed by atoms with Gasteiger partial charge in [-0.25, -0.2) is 4.68 Å². The van der Waals surface area contributed by atoms with Crippen molar-refractivity contribution in [2.45, 2.75) is 31.3 Å². The Morgan fingerprint density at radius 2 is 2.03 bits per heavy atom. The summed E-state index contributed by atoms with van der Waals surface area (Å²) in [6, 6.07) is 9.55. The summed E-state index contributed by atoms with van der Waals surface area (Å²) in [5.74, 6) is 0.511. The summed E-state index contributed by atoms with van der Waals surface area (Å²) in [7, 11) is 0. The van der Waals surface area contributed by atoms with Gasteiger partial charge in [0.1, 0.15) is 12.4 Å². The summed E-state index contributed by atoms with van der Waals surface area (Å²) in [4.78, 5) is 26.5. The number of carbonyl (C=O) groups excluding carboxylic acids is 2. The SMILES string of the molecule is O=C(NC1CC(=O)N(CCOc2ccccc2)C1)c1cn(C2CCNCC2)nn1. The van der Waals surface area contributed by atoms with E-state index < -0.39 is 0 Å². The maximum atomic E-state index is 12.5. The van der Waals surface area contributed by atoms with E-state index in [0.29, 0.717) is 31.8 Å². The van der Waals surface area contributed by atoms with Crippen molar-refractivity contribution in [3.05, 3.63) is 42.2 Å². The molecule has 2 aliphatic heterocycles. The van der Waals surface area contributed by atoms with Gasteiger partial charge in [0.2, 0.25) is 5.91 Å². The maximum absolute atomic E-state index is 12.5. The van der Waals surface area contributed by atoms with E-state index in [-0.39, 0.29) is 23.9 Å². The van der Waals surface area contributed by atoms with E-state index in [1.165, 1.54) is 0 Å². The molecule has 29 heavy (non-hydrogen) atoms. The smallest absolute Gasteiger partial charge is 0.273 e. The second kappa shape index (κ2) is 9.04. The highest BCUT2D eigenvalue weighted by molar-refractivity contribution is 5.93. The summed E-state index contributed by atoms with van der Waals surface area (Å²) in [5, 5.41) is 14.4. The number of hydrogen-bond donors (Lipinski definition) is 2. The van der Waals surface area contributed by atoms with Gasteiger partial charge in [0, 0.05) is 13.0 Å². The lowest BCUT2D eigenvalue weighted by molar-refractivity contribution is -0.128. The molecule has 2 N–H and O–H groups in total. The molecule has 3 heterocycles. The van der Waals surface area contributed by atoms with Gasteiger partial charge < -0.3 is 20.3 Å². The molecule has 0 spiro atoms. The Bertz CT molecular complexity index is 834. The van der Waals surface area contributed by atoms with E-state index in [1.807, 2.05) is 30.3 Å². The average molecular weight is 398 g/mol. The third-order valence-electron chi connectivity index (χ3n) is 5.35. The second-order valence-electron chi connectivity index (χ2n) is 7.44. The van der Waals surface area contributed by atoms with Crippen molar-refractivity contribution in [1.82, 2.24) is 30.5 Å². The van der Waals surface area contributed by atoms with E-state index >= 15 is 0 Å². The van der Waals surface area contributed by atoms with Crippen molar-refractivity contribution in [2.75, 3.05) is 32.8 Å². The highest BCUT2D eigenvalue weighted by Crippen LogP contribution is 2.17. The van der Waals surface area contributed by atoms with Crippen LogP contribution in [0.4, 0.5) is 0 Å². The molecule has 9 heteroatoms. The van der Waals surface area contributed by atoms with Crippen LogP contribution in [0.3, 0.4) is 0 Å². The third kappa shape index (κ3) is 4.92. The summed E-state index contributed by atoms with van der Waals surface area (Å²) in [6.45, 7) is 3.28. The molecular formula is C20H26N6O3. The number of nitrogens with one attached hydrogen (secondary N) is 2. The van der Waals surface area contributed by atoms with Crippen LogP contribution in [0, 0.1) is 0 Å². The minimum Gasteiger partial charge on any atom is -0.492 e. The number of benzene rings is 1. The van der Waals surface area contributed by atoms with Gasteiger partial charge in [0.05, 0.1) is 24.8 Å². The maximum Gasteiger partial charge on any atom is 0.273 e. The number of piperidine rings is 1. The van der Waals surface area contributed by atoms with Gasteiger partial charge in [-0.1, -0.05) is 23.4 Å². The largest absolute Gasteiger partial charge is 0.492 e. The van der Waals surface area contributed by atoms with Crippen molar-refractivity contribution in [3.8, 4) is 5.75 Å². The topological polar surface area (TPSA) is 101 Å². The van der Waals surface area contributed by atoms with Crippen molar-refractivity contribution in [3.63, 3.8) is 0 Å². The molecule has 1 unspecified atom stereocenters. The number of carbonyl (C=O) groups is 2. The van der Waals surface area contributed by atoms with Crippen LogP contribution in [-0.4, -0.2) is 70.5 Å². The molecular weight excluding hydrogens is 372 g/mol. The molecule has 2 aliphatic rings. The molecule has 0 aliphatic carbocycles. The predicted octanol–water partition coefficient (Wildman–Crippen LogP) is 0.612. The van der Waals surface area contributed by atoms with Crippen molar-refractivity contribution in [2.24, 2.45) is 0 Å². The molecule has 1 atom stereocenters. The lowest BCUT2D eigenvalue weighted by Gasteiger charge is -2.22. The molecule has 1 aromatic carbocycles. The zero-order chi connectivity index (χ0) is 20.1. The number of nitrogens with zero attached hydrogens (tertiary/aromatic N) is 4. The van der Waals surface area contributed by atoms with Crippen molar-refractivity contribution < 1.29 is 14.3 Å². The number of aromatic nitrogens is 3. The van der Waals surface area contributed by atoms with Gasteiger partial charge >= 0.3 is 0 Å². The molecule has 0 bridgehead atoms. The van der Waals surface area contributed by atoms with Gasteiger partial charge in [-0.3, -0.25) is 9.59 Å². The number of ether oxygens (including phenoxy) is 1. The molecule has 2 aromatic rings. The lowest BCUT2D eigenvalue weighted by Crippen LogP contribution is -2.38. The molecule has 2 amide bonds. The molecule has 154 valence electrons. The van der Waals surface area contributed by atoms with Gasteiger partial charge in [0.15, 0.2) is 5.69 Å². The number of hydrogen-bond acceptors (Lipinski definition) is 6. The number of para-hydroxylation sites is 1. The fourth-order valence-corrected chi connectivity index (χ4v) is 3.77. The fraction of sp³-hybridized carbons (Fsp3) is 0.500. The molecule has 0 radical (unpaired) electrons. The van der Waals surface area contributed by atoms with Gasteiger partial charge in [-0.05, 0) is 38.1 Å². The fourth-order valence-electron chi connectivity index (χ4n) is 3.77. The average Bonchev–Trinajstić information content (AvgIpc) is 3.37. The van der Waals surface area contributed by atoms with Crippen LogP contribution in [0.25, 0.3) is 0 Å². The first kappa shape index (κ1) is 19.4. The molecule has 9 nitrogen and oxygen atoms in total. The van der Waals surface area contributed by atoms with E-state index in [4.69, 9.17) is 4.74 Å². The number of amides is 2. The minimum atomic E-state index is -0.287. The Morgan fingerprint density at radius 3 is 2.83 bits per heavy atom. The van der Waals surface area contributed by atoms with Gasteiger partial charge in [-0.15, -0.1) is 5.10 Å². The van der Waals surface area contributed by atoms with Gasteiger partial charge in [0.25, 0.3) is 5.91 Å². The first-order valence-electron chi connectivity index (χ1n) is 10.1. The summed E-state index contributed by atoms with van der Waals surface area (Å²) < 4.78 is 7.44. The third-order valence-corrected chi connectivity index (χ3v) is 5.35. The summed E-state index contributed by atoms with van der Waals surface area (Å²) in [6.07, 6.45) is 3.94. The quantitative estimate of drug-likeness (QED) is 0.709. The highest BCUT2D eigenvalue weighted by atomic mass is 16.5. The summed E-state index contributed by atoms with van der Waals surface area (Å²) >= 11 is 0. The zero-order valence-electron chi connectivity index (χ0n) is 16.3. The molecule has 0 saturated carbocycles. The first-order valence-corrected chi connectivity index (χ1v) is 10.1. The molecule has 1 aromatic heterocycles. The monoisotopic (exact) mass is 398 g/mol. The Labute approximate surface area is 169 Å². The zero-order valence-corrected chi connectivity index (χ0v) is 16.3. The second-order valence-corrected chi connectivity index (χ2v) is 7.44. The Balaban J connectivity index is 1.25. The molecule has 2 fully saturated rings. The van der Waals surface area contributed by atoms with Crippen molar-refractivity contribution in [1.29, 1.82) is 0 Å². The van der Waals surface area contributed by atoms with E-state index in [1.54, 1.807) is 15.8 Å². The number of likely N-dealkylation sites (tertiary alicyclic amines) is 1. The van der Waals surface area contributed by atoms with Crippen LogP contribution in [0.15, 0.2) is 36.5 Å². The van der Waals surface area contributed by atoms with Crippen LogP contribution >= 0.6 is 0 Å². The normalized spacial score (nSPS) is 20.1. The Hall–Kier alpha value is -2.94. The van der Waals surface area contributed by atoms with E-state index in [9.17, 15) is 9.59 Å². The minimum absolute atomic E-state index is 0.0188. The standard InChI is InChI=1S/C20H26N6O3/c27-19-12-15(13-25(19)10-11-29-17-4-2-1-3-5-17)22-20(28)18-14-26(24-23-18)16-6-8-21-9-7-16/h1-5,14-16,21H,6-13H2,(H,22,28). The van der Waals surface area contributed by atoms with E-state index in [2.05, 4.69) is 20.9 Å². The van der Waals surface area contributed by atoms with Crippen LogP contribution in [0.2, 0.25) is 0 Å². The Morgan fingerprint density at radius 1 is 1.24 bits per heavy atom. The van der Waals surface area contributed by atoms with Crippen LogP contribution in [-0.2, 0) is 4.79 Å². The van der Waals surface area contributed by atoms with Crippen LogP contribution < -0.4 is 15.4 Å². The Kier molecular flexibility index (Phi) is 6.04. The van der Waals surface area contributed by atoms with Crippen LogP contribution in [0.1, 0.15) is 35.8 Å². The first-order chi connectivity index (χ1) is 14.2. The van der Waals surface area contributed by atoms with Gasteiger partial charge in [-0.2, -0.15) is 0 Å². The summed E-state index contributed by atoms with van der Waals surface area (Å²) in [5.41, 5.74) is 0.293. The lowest BCUT2D eigenvalue weighted by atomic mass is 10.1.